The van der Waals surface area contributed by atoms with Gasteiger partial charge in [-0.1, -0.05) is 0 Å². The molecule has 2 aromatic rings. The second-order valence-electron chi connectivity index (χ2n) is 7.13. The van der Waals surface area contributed by atoms with E-state index in [0.29, 0.717) is 45.0 Å². The van der Waals surface area contributed by atoms with Gasteiger partial charge < -0.3 is 9.47 Å². The van der Waals surface area contributed by atoms with Gasteiger partial charge in [-0.05, 0) is 6.42 Å². The molecule has 0 bridgehead atoms. The fourth-order valence-electron chi connectivity index (χ4n) is 4.02. The van der Waals surface area contributed by atoms with Crippen molar-refractivity contribution < 1.29 is 8.78 Å². The van der Waals surface area contributed by atoms with Gasteiger partial charge in [0.25, 0.3) is 5.92 Å². The molecule has 2 aliphatic rings. The number of imidazole rings is 1. The number of anilines is 1. The molecule has 1 spiro atoms. The predicted molar refractivity (Wildman–Crippen MR) is 89.3 cm³/mol. The van der Waals surface area contributed by atoms with E-state index in [9.17, 15) is 8.78 Å². The van der Waals surface area contributed by atoms with E-state index in [2.05, 4.69) is 19.9 Å². The Hall–Kier alpha value is -2.09. The smallest absolute Gasteiger partial charge is 0.257 e. The minimum Gasteiger partial charge on any atom is -0.354 e. The number of halogens is 2. The Morgan fingerprint density at radius 2 is 1.96 bits per heavy atom. The summed E-state index contributed by atoms with van der Waals surface area (Å²) in [6.45, 7) is 2.28. The first-order valence-corrected chi connectivity index (χ1v) is 8.56. The summed E-state index contributed by atoms with van der Waals surface area (Å²) < 4.78 is 31.7. The molecule has 2 saturated heterocycles. The van der Waals surface area contributed by atoms with Crippen LogP contribution in [0.4, 0.5) is 14.6 Å². The van der Waals surface area contributed by atoms with Crippen molar-refractivity contribution in [1.29, 1.82) is 0 Å². The molecule has 134 valence electrons. The third-order valence-corrected chi connectivity index (χ3v) is 5.56. The number of aromatic nitrogens is 4. The van der Waals surface area contributed by atoms with Crippen LogP contribution in [0.3, 0.4) is 0 Å². The quantitative estimate of drug-likeness (QED) is 0.849. The molecular weight excluding hydrogens is 326 g/mol. The van der Waals surface area contributed by atoms with Crippen LogP contribution in [0.1, 0.15) is 18.7 Å². The van der Waals surface area contributed by atoms with Crippen LogP contribution in [0, 0.1) is 5.41 Å². The standard InChI is InChI=1S/C17H22F2N6/c1-23-9-6-22-15(23)11-24-7-3-17(18,19)16(12-24)2-8-25(13-16)14-10-20-4-5-21-14/h4-6,9-10H,2-3,7-8,11-13H2,1H3/t16-/m1/s1. The van der Waals surface area contributed by atoms with Gasteiger partial charge >= 0.3 is 0 Å². The van der Waals surface area contributed by atoms with E-state index in [0.717, 1.165) is 5.82 Å². The first kappa shape index (κ1) is 16.4. The Labute approximate surface area is 145 Å². The molecule has 25 heavy (non-hydrogen) atoms. The number of alkyl halides is 2. The van der Waals surface area contributed by atoms with E-state index >= 15 is 0 Å². The first-order chi connectivity index (χ1) is 12.0. The van der Waals surface area contributed by atoms with Gasteiger partial charge in [-0.3, -0.25) is 9.88 Å². The van der Waals surface area contributed by atoms with Gasteiger partial charge in [0.2, 0.25) is 0 Å². The molecule has 0 unspecified atom stereocenters. The summed E-state index contributed by atoms with van der Waals surface area (Å²) in [5.74, 6) is -1.08. The van der Waals surface area contributed by atoms with Crippen LogP contribution in [0.15, 0.2) is 31.0 Å². The molecule has 0 amide bonds. The highest BCUT2D eigenvalue weighted by Gasteiger charge is 2.59. The second kappa shape index (κ2) is 6.01. The number of hydrogen-bond donors (Lipinski definition) is 0. The van der Waals surface area contributed by atoms with Crippen molar-refractivity contribution in [2.24, 2.45) is 12.5 Å². The summed E-state index contributed by atoms with van der Waals surface area (Å²) >= 11 is 0. The fourth-order valence-corrected chi connectivity index (χ4v) is 4.02. The molecule has 1 atom stereocenters. The largest absolute Gasteiger partial charge is 0.354 e. The number of rotatable bonds is 3. The average molecular weight is 348 g/mol. The summed E-state index contributed by atoms with van der Waals surface area (Å²) in [6.07, 6.45) is 8.83. The highest BCUT2D eigenvalue weighted by atomic mass is 19.3. The molecule has 4 rings (SSSR count). The molecule has 0 aromatic carbocycles. The van der Waals surface area contributed by atoms with Crippen LogP contribution in [0.2, 0.25) is 0 Å². The predicted octanol–water partition coefficient (Wildman–Crippen LogP) is 1.95. The number of likely N-dealkylation sites (tertiary alicyclic amines) is 1. The van der Waals surface area contributed by atoms with Crippen molar-refractivity contribution in [2.45, 2.75) is 25.3 Å². The summed E-state index contributed by atoms with van der Waals surface area (Å²) in [4.78, 5) is 16.7. The van der Waals surface area contributed by atoms with Crippen LogP contribution in [0.5, 0.6) is 0 Å². The molecule has 2 fully saturated rings. The highest BCUT2D eigenvalue weighted by molar-refractivity contribution is 5.38. The lowest BCUT2D eigenvalue weighted by atomic mass is 9.75. The van der Waals surface area contributed by atoms with Gasteiger partial charge in [-0.2, -0.15) is 0 Å². The lowest BCUT2D eigenvalue weighted by Gasteiger charge is -2.45. The van der Waals surface area contributed by atoms with Gasteiger partial charge in [-0.15, -0.1) is 0 Å². The number of hydrogen-bond acceptors (Lipinski definition) is 5. The Balaban J connectivity index is 1.53. The minimum absolute atomic E-state index is 0.105. The Morgan fingerprint density at radius 1 is 1.08 bits per heavy atom. The lowest BCUT2D eigenvalue weighted by Crippen LogP contribution is -2.56. The molecule has 0 radical (unpaired) electrons. The molecule has 4 heterocycles. The molecule has 6 nitrogen and oxygen atoms in total. The number of nitrogens with zero attached hydrogens (tertiary/aromatic N) is 6. The minimum atomic E-state index is -2.66. The van der Waals surface area contributed by atoms with Crippen LogP contribution in [-0.4, -0.2) is 56.5 Å². The SMILES string of the molecule is Cn1ccnc1CN1CCC(F)(F)[C@]2(CCN(c3cnccn3)C2)C1. The molecule has 0 N–H and O–H groups in total. The summed E-state index contributed by atoms with van der Waals surface area (Å²) in [5.41, 5.74) is -1.03. The Bertz CT molecular complexity index is 734. The van der Waals surface area contributed by atoms with Crippen molar-refractivity contribution in [3.8, 4) is 0 Å². The van der Waals surface area contributed by atoms with Crippen molar-refractivity contribution >= 4 is 5.82 Å². The van der Waals surface area contributed by atoms with Crippen LogP contribution >= 0.6 is 0 Å². The van der Waals surface area contributed by atoms with E-state index in [1.165, 1.54) is 0 Å². The zero-order valence-corrected chi connectivity index (χ0v) is 14.3. The zero-order chi connectivity index (χ0) is 17.5. The molecule has 0 saturated carbocycles. The lowest BCUT2D eigenvalue weighted by molar-refractivity contribution is -0.159. The topological polar surface area (TPSA) is 50.1 Å². The van der Waals surface area contributed by atoms with E-state index < -0.39 is 11.3 Å². The summed E-state index contributed by atoms with van der Waals surface area (Å²) in [5, 5.41) is 0. The molecular formula is C17H22F2N6. The number of piperidine rings is 1. The molecule has 0 aliphatic carbocycles. The van der Waals surface area contributed by atoms with Crippen LogP contribution in [0.25, 0.3) is 0 Å². The normalized spacial score (nSPS) is 26.4. The fraction of sp³-hybridized carbons (Fsp3) is 0.588. The first-order valence-electron chi connectivity index (χ1n) is 8.56. The van der Waals surface area contributed by atoms with E-state index in [-0.39, 0.29) is 6.42 Å². The summed E-state index contributed by atoms with van der Waals surface area (Å²) in [7, 11) is 1.93. The van der Waals surface area contributed by atoms with E-state index in [1.54, 1.807) is 24.8 Å². The number of aryl methyl sites for hydroxylation is 1. The van der Waals surface area contributed by atoms with Crippen LogP contribution in [-0.2, 0) is 13.6 Å². The van der Waals surface area contributed by atoms with E-state index in [4.69, 9.17) is 0 Å². The monoisotopic (exact) mass is 348 g/mol. The highest BCUT2D eigenvalue weighted by Crippen LogP contribution is 2.50. The van der Waals surface area contributed by atoms with Crippen molar-refractivity contribution in [3.63, 3.8) is 0 Å². The van der Waals surface area contributed by atoms with Crippen molar-refractivity contribution in [3.05, 3.63) is 36.8 Å². The van der Waals surface area contributed by atoms with Crippen molar-refractivity contribution in [1.82, 2.24) is 24.4 Å². The maximum Gasteiger partial charge on any atom is 0.257 e. The third kappa shape index (κ3) is 2.88. The average Bonchev–Trinajstić information content (AvgIpc) is 3.21. The zero-order valence-electron chi connectivity index (χ0n) is 14.3. The third-order valence-electron chi connectivity index (χ3n) is 5.56. The maximum atomic E-state index is 14.9. The van der Waals surface area contributed by atoms with Crippen molar-refractivity contribution in [2.75, 3.05) is 31.1 Å². The molecule has 2 aromatic heterocycles. The Kier molecular flexibility index (Phi) is 3.94. The summed E-state index contributed by atoms with van der Waals surface area (Å²) in [6, 6.07) is 0. The van der Waals surface area contributed by atoms with E-state index in [1.807, 2.05) is 22.7 Å². The molecule has 8 heteroatoms. The van der Waals surface area contributed by atoms with Gasteiger partial charge in [0, 0.05) is 64.4 Å². The van der Waals surface area contributed by atoms with Gasteiger partial charge in [0.15, 0.2) is 0 Å². The van der Waals surface area contributed by atoms with Gasteiger partial charge in [0.05, 0.1) is 18.2 Å². The maximum absolute atomic E-state index is 14.9. The van der Waals surface area contributed by atoms with Crippen LogP contribution < -0.4 is 4.90 Å². The Morgan fingerprint density at radius 3 is 2.68 bits per heavy atom. The van der Waals surface area contributed by atoms with Gasteiger partial charge in [0.1, 0.15) is 11.6 Å². The van der Waals surface area contributed by atoms with Gasteiger partial charge in [-0.25, -0.2) is 18.7 Å². The molecule has 2 aliphatic heterocycles. The second-order valence-corrected chi connectivity index (χ2v) is 7.13.